The summed E-state index contributed by atoms with van der Waals surface area (Å²) in [6.07, 6.45) is 4.38. The Bertz CT molecular complexity index is 481. The van der Waals surface area contributed by atoms with Crippen LogP contribution in [-0.2, 0) is 27.2 Å². The molecule has 1 aliphatic rings. The first kappa shape index (κ1) is 23.2. The Hall–Kier alpha value is 0.181. The molecule has 0 radical (unpaired) electrons. The van der Waals surface area contributed by atoms with E-state index in [0.717, 1.165) is 43.8 Å². The van der Waals surface area contributed by atoms with Crippen LogP contribution in [-0.4, -0.2) is 85.3 Å². The number of rotatable bonds is 13. The van der Waals surface area contributed by atoms with E-state index in [1.807, 2.05) is 6.07 Å². The van der Waals surface area contributed by atoms with Crippen LogP contribution in [0.3, 0.4) is 0 Å². The number of unbranched alkanes of at least 4 members (excludes halogenated alkanes) is 1. The van der Waals surface area contributed by atoms with Gasteiger partial charge in [0.25, 0.3) is 0 Å². The molecule has 2 rings (SSSR count). The van der Waals surface area contributed by atoms with Gasteiger partial charge in [-0.15, -0.1) is 0 Å². The quantitative estimate of drug-likeness (QED) is 0.358. The summed E-state index contributed by atoms with van der Waals surface area (Å²) in [6.45, 7) is 8.47. The molecule has 0 fully saturated rings. The fourth-order valence-electron chi connectivity index (χ4n) is 2.53. The summed E-state index contributed by atoms with van der Waals surface area (Å²) in [4.78, 5) is 0. The maximum atomic E-state index is 5.75. The molecular formula is C19H32O5Sr. The van der Waals surface area contributed by atoms with Crippen LogP contribution in [0.5, 0.6) is 11.5 Å². The minimum atomic E-state index is 0. The molecule has 0 spiro atoms. The first-order chi connectivity index (χ1) is 11.8. The Balaban J connectivity index is 0.00000312. The van der Waals surface area contributed by atoms with Crippen molar-refractivity contribution in [3.05, 3.63) is 23.3 Å². The zero-order valence-electron chi connectivity index (χ0n) is 15.0. The average Bonchev–Trinajstić information content (AvgIpc) is 3.04. The number of benzene rings is 1. The van der Waals surface area contributed by atoms with Crippen LogP contribution >= 0.6 is 0 Å². The molecule has 1 heterocycles. The standard InChI is InChI=1S/C19H30O5.Sr.2H/c1-3-5-7-20-8-9-21-10-11-22-14-17-13-19-18(23-15-24-19)12-16(17)6-4-2;;;/h12-13H,3-11,14-15H2,1-2H3;;;. The molecule has 0 unspecified atom stereocenters. The third-order valence-corrected chi connectivity index (χ3v) is 3.86. The fourth-order valence-corrected chi connectivity index (χ4v) is 2.53. The Morgan fingerprint density at radius 3 is 2.04 bits per heavy atom. The molecule has 1 aliphatic heterocycles. The molecule has 0 aromatic heterocycles. The van der Waals surface area contributed by atoms with E-state index in [4.69, 9.17) is 23.7 Å². The van der Waals surface area contributed by atoms with Crippen molar-refractivity contribution < 1.29 is 23.7 Å². The van der Waals surface area contributed by atoms with Gasteiger partial charge in [0.15, 0.2) is 11.5 Å². The van der Waals surface area contributed by atoms with Gasteiger partial charge < -0.3 is 23.7 Å². The van der Waals surface area contributed by atoms with Gasteiger partial charge in [0.2, 0.25) is 6.79 Å². The summed E-state index contributed by atoms with van der Waals surface area (Å²) in [5, 5.41) is 0. The van der Waals surface area contributed by atoms with Crippen LogP contribution in [0.15, 0.2) is 12.1 Å². The maximum absolute atomic E-state index is 5.75. The predicted octanol–water partition coefficient (Wildman–Crippen LogP) is 2.80. The van der Waals surface area contributed by atoms with Gasteiger partial charge in [0.05, 0.1) is 33.0 Å². The third kappa shape index (κ3) is 8.61. The van der Waals surface area contributed by atoms with Gasteiger partial charge in [-0.2, -0.15) is 0 Å². The summed E-state index contributed by atoms with van der Waals surface area (Å²) in [5.74, 6) is 1.66. The van der Waals surface area contributed by atoms with Gasteiger partial charge in [-0.25, -0.2) is 0 Å². The molecule has 0 atom stereocenters. The van der Waals surface area contributed by atoms with Gasteiger partial charge in [-0.3, -0.25) is 0 Å². The molecule has 0 saturated heterocycles. The van der Waals surface area contributed by atoms with Gasteiger partial charge in [0, 0.05) is 6.61 Å². The fraction of sp³-hybridized carbons (Fsp3) is 0.684. The van der Waals surface area contributed by atoms with E-state index in [2.05, 4.69) is 19.9 Å². The van der Waals surface area contributed by atoms with Crippen LogP contribution < -0.4 is 9.47 Å². The molecule has 5 nitrogen and oxygen atoms in total. The van der Waals surface area contributed by atoms with Crippen molar-refractivity contribution in [2.24, 2.45) is 0 Å². The van der Waals surface area contributed by atoms with Gasteiger partial charge in [-0.1, -0.05) is 26.7 Å². The number of fused-ring (bicyclic) bond motifs is 1. The van der Waals surface area contributed by atoms with Crippen LogP contribution in [0.4, 0.5) is 0 Å². The number of aryl methyl sites for hydroxylation is 1. The third-order valence-electron chi connectivity index (χ3n) is 3.86. The summed E-state index contributed by atoms with van der Waals surface area (Å²) >= 11 is 0. The molecule has 0 bridgehead atoms. The van der Waals surface area contributed by atoms with E-state index in [9.17, 15) is 0 Å². The average molecular weight is 428 g/mol. The van der Waals surface area contributed by atoms with E-state index in [1.165, 1.54) is 11.1 Å². The molecule has 140 valence electrons. The van der Waals surface area contributed by atoms with Gasteiger partial charge >= 0.3 is 45.5 Å². The van der Waals surface area contributed by atoms with Gasteiger partial charge in [-0.05, 0) is 36.1 Å². The van der Waals surface area contributed by atoms with E-state index in [-0.39, 0.29) is 45.5 Å². The van der Waals surface area contributed by atoms with Crippen molar-refractivity contribution >= 4 is 45.5 Å². The molecule has 6 heteroatoms. The van der Waals surface area contributed by atoms with Crippen molar-refractivity contribution in [1.29, 1.82) is 0 Å². The normalized spacial score (nSPS) is 12.2. The minimum absolute atomic E-state index is 0. The molecule has 0 saturated carbocycles. The summed E-state index contributed by atoms with van der Waals surface area (Å²) in [7, 11) is 0. The van der Waals surface area contributed by atoms with Crippen molar-refractivity contribution in [2.45, 2.75) is 46.1 Å². The molecular weight excluding hydrogens is 396 g/mol. The van der Waals surface area contributed by atoms with E-state index < -0.39 is 0 Å². The second-order valence-corrected chi connectivity index (χ2v) is 5.86. The van der Waals surface area contributed by atoms with Crippen LogP contribution in [0.25, 0.3) is 0 Å². The molecule has 0 aliphatic carbocycles. The Morgan fingerprint density at radius 2 is 1.40 bits per heavy atom. The van der Waals surface area contributed by atoms with E-state index in [0.29, 0.717) is 39.8 Å². The number of ether oxygens (including phenoxy) is 5. The molecule has 25 heavy (non-hydrogen) atoms. The number of hydrogen-bond acceptors (Lipinski definition) is 5. The van der Waals surface area contributed by atoms with Crippen molar-refractivity contribution in [3.8, 4) is 11.5 Å². The first-order valence-corrected chi connectivity index (χ1v) is 8.99. The van der Waals surface area contributed by atoms with E-state index >= 15 is 0 Å². The summed E-state index contributed by atoms with van der Waals surface area (Å²) in [5.41, 5.74) is 2.44. The second-order valence-electron chi connectivity index (χ2n) is 5.86. The number of hydrogen-bond donors (Lipinski definition) is 0. The van der Waals surface area contributed by atoms with Gasteiger partial charge in [0.1, 0.15) is 0 Å². The predicted molar refractivity (Wildman–Crippen MR) is 101 cm³/mol. The SMILES string of the molecule is CCCCOCCOCCOCc1cc2c(cc1CCC)OCO2.[SrH2]. The monoisotopic (exact) mass is 428 g/mol. The van der Waals surface area contributed by atoms with Crippen molar-refractivity contribution in [3.63, 3.8) is 0 Å². The zero-order valence-corrected chi connectivity index (χ0v) is 15.0. The molecule has 0 N–H and O–H groups in total. The Labute approximate surface area is 188 Å². The van der Waals surface area contributed by atoms with Crippen LogP contribution in [0.1, 0.15) is 44.2 Å². The zero-order chi connectivity index (χ0) is 17.0. The Kier molecular flexibility index (Phi) is 13.2. The van der Waals surface area contributed by atoms with Crippen LogP contribution in [0, 0.1) is 0 Å². The summed E-state index contributed by atoms with van der Waals surface area (Å²) < 4.78 is 27.6. The molecule has 1 aromatic carbocycles. The summed E-state index contributed by atoms with van der Waals surface area (Å²) in [6, 6.07) is 4.12. The van der Waals surface area contributed by atoms with Crippen LogP contribution in [0.2, 0.25) is 0 Å². The molecule has 1 aromatic rings. The van der Waals surface area contributed by atoms with E-state index in [1.54, 1.807) is 0 Å². The molecule has 0 amide bonds. The van der Waals surface area contributed by atoms with Crippen molar-refractivity contribution in [2.75, 3.05) is 39.8 Å². The topological polar surface area (TPSA) is 46.2 Å². The van der Waals surface area contributed by atoms with Crippen molar-refractivity contribution in [1.82, 2.24) is 0 Å². The Morgan fingerprint density at radius 1 is 0.800 bits per heavy atom. The second kappa shape index (κ2) is 14.3. The first-order valence-electron chi connectivity index (χ1n) is 8.99.